The molecule has 2 rings (SSSR count). The molecule has 0 aromatic heterocycles. The number of allylic oxidation sites excluding steroid dienone is 1. The lowest BCUT2D eigenvalue weighted by Gasteiger charge is -2.37. The molecule has 108 valence electrons. The number of rotatable bonds is 3. The Labute approximate surface area is 113 Å². The van der Waals surface area contributed by atoms with Crippen LogP contribution in [0.15, 0.2) is 12.2 Å². The first-order chi connectivity index (χ1) is 8.82. The molecule has 1 heterocycles. The first-order valence-corrected chi connectivity index (χ1v) is 6.52. The fraction of sp³-hybridized carbons (Fsp3) is 0.714. The Kier molecular flexibility index (Phi) is 5.11. The molecule has 2 N–H and O–H groups in total. The van der Waals surface area contributed by atoms with Crippen molar-refractivity contribution in [2.45, 2.75) is 45.6 Å². The number of carbonyl (C=O) groups is 2. The summed E-state index contributed by atoms with van der Waals surface area (Å²) in [5.74, 6) is -2.82. The van der Waals surface area contributed by atoms with E-state index in [0.29, 0.717) is 19.4 Å². The van der Waals surface area contributed by atoms with Crippen molar-refractivity contribution in [3.8, 4) is 0 Å². The highest BCUT2D eigenvalue weighted by molar-refractivity contribution is 5.84. The monoisotopic (exact) mass is 270 g/mol. The molecule has 19 heavy (non-hydrogen) atoms. The first-order valence-electron chi connectivity index (χ1n) is 6.52. The average molecular weight is 270 g/mol. The van der Waals surface area contributed by atoms with Gasteiger partial charge in [0.2, 0.25) is 0 Å². The zero-order valence-electron chi connectivity index (χ0n) is 11.5. The Hall–Kier alpha value is -1.36. The zero-order chi connectivity index (χ0) is 14.6. The molecule has 5 nitrogen and oxygen atoms in total. The van der Waals surface area contributed by atoms with Crippen molar-refractivity contribution in [3.63, 3.8) is 0 Å². The Morgan fingerprint density at radius 2 is 1.79 bits per heavy atom. The summed E-state index contributed by atoms with van der Waals surface area (Å²) in [6.07, 6.45) is 2.04. The van der Waals surface area contributed by atoms with Gasteiger partial charge < -0.3 is 14.9 Å². The van der Waals surface area contributed by atoms with Crippen molar-refractivity contribution in [1.29, 1.82) is 0 Å². The van der Waals surface area contributed by atoms with Gasteiger partial charge in [0, 0.05) is 0 Å². The van der Waals surface area contributed by atoms with Gasteiger partial charge in [-0.1, -0.05) is 18.4 Å². The van der Waals surface area contributed by atoms with Gasteiger partial charge in [-0.3, -0.25) is 9.59 Å². The molecule has 0 radical (unpaired) electrons. The number of carboxylic acid groups (broad SMARTS) is 2. The minimum Gasteiger partial charge on any atom is -0.481 e. The fourth-order valence-corrected chi connectivity index (χ4v) is 2.67. The Morgan fingerprint density at radius 3 is 2.16 bits per heavy atom. The summed E-state index contributed by atoms with van der Waals surface area (Å²) in [5.41, 5.74) is -0.00984. The van der Waals surface area contributed by atoms with Gasteiger partial charge in [0.05, 0.1) is 18.6 Å². The largest absolute Gasteiger partial charge is 0.481 e. The highest BCUT2D eigenvalue weighted by Gasteiger charge is 2.60. The standard InChI is InChI=1S/C10H14O5.C4H8/c11-8(12)6-3-1-2-4-10(6,9(13)14)7-5-15-7;1-4(2)3/h6-7H,1-5H2,(H,11,12)(H,13,14);1H2,2-3H3. The molecule has 1 aliphatic carbocycles. The summed E-state index contributed by atoms with van der Waals surface area (Å²) >= 11 is 0. The molecule has 2 aliphatic rings. The van der Waals surface area contributed by atoms with Crippen molar-refractivity contribution >= 4 is 11.9 Å². The van der Waals surface area contributed by atoms with Gasteiger partial charge in [0.1, 0.15) is 5.41 Å². The number of carboxylic acids is 2. The van der Waals surface area contributed by atoms with Crippen molar-refractivity contribution in [3.05, 3.63) is 12.2 Å². The molecule has 1 saturated carbocycles. The maximum atomic E-state index is 11.3. The van der Waals surface area contributed by atoms with E-state index in [4.69, 9.17) is 9.84 Å². The van der Waals surface area contributed by atoms with Crippen LogP contribution in [0.25, 0.3) is 0 Å². The van der Waals surface area contributed by atoms with E-state index < -0.39 is 29.4 Å². The van der Waals surface area contributed by atoms with Gasteiger partial charge in [0.25, 0.3) is 0 Å². The van der Waals surface area contributed by atoms with Gasteiger partial charge in [-0.25, -0.2) is 0 Å². The van der Waals surface area contributed by atoms with Crippen molar-refractivity contribution in [2.24, 2.45) is 11.3 Å². The lowest BCUT2D eigenvalue weighted by Crippen LogP contribution is -2.48. The lowest BCUT2D eigenvalue weighted by molar-refractivity contribution is -0.168. The topological polar surface area (TPSA) is 87.1 Å². The van der Waals surface area contributed by atoms with Crippen LogP contribution in [0.4, 0.5) is 0 Å². The molecular weight excluding hydrogens is 248 g/mol. The predicted octanol–water partition coefficient (Wildman–Crippen LogP) is 2.31. The van der Waals surface area contributed by atoms with Crippen LogP contribution in [0, 0.1) is 11.3 Å². The molecule has 0 spiro atoms. The van der Waals surface area contributed by atoms with Crippen LogP contribution in [-0.4, -0.2) is 34.9 Å². The molecule has 2 fully saturated rings. The lowest BCUT2D eigenvalue weighted by atomic mass is 9.64. The molecule has 0 aromatic rings. The summed E-state index contributed by atoms with van der Waals surface area (Å²) in [5, 5.41) is 18.4. The molecule has 3 unspecified atom stereocenters. The number of epoxide rings is 1. The molecular formula is C14H22O5. The Morgan fingerprint density at radius 1 is 1.26 bits per heavy atom. The third-order valence-corrected chi connectivity index (χ3v) is 3.56. The van der Waals surface area contributed by atoms with Crippen LogP contribution in [0.5, 0.6) is 0 Å². The summed E-state index contributed by atoms with van der Waals surface area (Å²) < 4.78 is 5.05. The van der Waals surface area contributed by atoms with Crippen LogP contribution in [0.3, 0.4) is 0 Å². The van der Waals surface area contributed by atoms with Crippen LogP contribution in [0.1, 0.15) is 39.5 Å². The summed E-state index contributed by atoms with van der Waals surface area (Å²) in [6, 6.07) is 0. The quantitative estimate of drug-likeness (QED) is 0.607. The summed E-state index contributed by atoms with van der Waals surface area (Å²) in [4.78, 5) is 22.4. The predicted molar refractivity (Wildman–Crippen MR) is 69.9 cm³/mol. The van der Waals surface area contributed by atoms with E-state index in [-0.39, 0.29) is 0 Å². The van der Waals surface area contributed by atoms with E-state index in [1.807, 2.05) is 13.8 Å². The minimum atomic E-state index is -1.18. The third kappa shape index (κ3) is 3.56. The maximum absolute atomic E-state index is 11.3. The SMILES string of the molecule is C=C(C)C.O=C(O)C1CCCCC1(C(=O)O)C1CO1. The second-order valence-electron chi connectivity index (χ2n) is 5.51. The smallest absolute Gasteiger partial charge is 0.313 e. The number of hydrogen-bond donors (Lipinski definition) is 2. The van der Waals surface area contributed by atoms with Crippen LogP contribution in [0.2, 0.25) is 0 Å². The van der Waals surface area contributed by atoms with Gasteiger partial charge in [-0.05, 0) is 26.7 Å². The van der Waals surface area contributed by atoms with E-state index >= 15 is 0 Å². The normalized spacial score (nSPS) is 32.7. The first kappa shape index (κ1) is 15.7. The molecule has 5 heteroatoms. The van der Waals surface area contributed by atoms with Crippen LogP contribution in [-0.2, 0) is 14.3 Å². The van der Waals surface area contributed by atoms with Gasteiger partial charge in [-0.2, -0.15) is 0 Å². The summed E-state index contributed by atoms with van der Waals surface area (Å²) in [7, 11) is 0. The number of ether oxygens (including phenoxy) is 1. The van der Waals surface area contributed by atoms with E-state index in [2.05, 4.69) is 6.58 Å². The molecule has 0 amide bonds. The molecule has 1 aliphatic heterocycles. The highest BCUT2D eigenvalue weighted by atomic mass is 16.6. The van der Waals surface area contributed by atoms with Crippen LogP contribution >= 0.6 is 0 Å². The van der Waals surface area contributed by atoms with Gasteiger partial charge in [0.15, 0.2) is 0 Å². The van der Waals surface area contributed by atoms with Gasteiger partial charge in [-0.15, -0.1) is 6.58 Å². The van der Waals surface area contributed by atoms with E-state index in [9.17, 15) is 14.7 Å². The second-order valence-corrected chi connectivity index (χ2v) is 5.51. The second kappa shape index (κ2) is 6.19. The van der Waals surface area contributed by atoms with E-state index in [1.165, 1.54) is 5.57 Å². The van der Waals surface area contributed by atoms with E-state index in [1.54, 1.807) is 0 Å². The molecule has 0 aromatic carbocycles. The highest BCUT2D eigenvalue weighted by Crippen LogP contribution is 2.49. The average Bonchev–Trinajstić information content (AvgIpc) is 3.11. The van der Waals surface area contributed by atoms with Crippen molar-refractivity contribution in [1.82, 2.24) is 0 Å². The number of hydrogen-bond acceptors (Lipinski definition) is 3. The maximum Gasteiger partial charge on any atom is 0.313 e. The Bertz CT molecular complexity index is 368. The fourth-order valence-electron chi connectivity index (χ4n) is 2.67. The molecule has 3 atom stereocenters. The van der Waals surface area contributed by atoms with E-state index in [0.717, 1.165) is 12.8 Å². The van der Waals surface area contributed by atoms with Gasteiger partial charge >= 0.3 is 11.9 Å². The zero-order valence-corrected chi connectivity index (χ0v) is 11.5. The summed E-state index contributed by atoms with van der Waals surface area (Å²) in [6.45, 7) is 7.88. The number of aliphatic carboxylic acids is 2. The third-order valence-electron chi connectivity index (χ3n) is 3.56. The van der Waals surface area contributed by atoms with Crippen LogP contribution < -0.4 is 0 Å². The molecule has 1 saturated heterocycles. The Balaban J connectivity index is 0.000000399. The van der Waals surface area contributed by atoms with Crippen molar-refractivity contribution in [2.75, 3.05) is 6.61 Å². The molecule has 0 bridgehead atoms. The van der Waals surface area contributed by atoms with Crippen molar-refractivity contribution < 1.29 is 24.5 Å². The minimum absolute atomic E-state index is 0.385.